The van der Waals surface area contributed by atoms with E-state index in [0.717, 1.165) is 36.1 Å². The van der Waals surface area contributed by atoms with E-state index in [1.54, 1.807) is 14.2 Å². The summed E-state index contributed by atoms with van der Waals surface area (Å²) in [6.07, 6.45) is 0. The maximum absolute atomic E-state index is 11.5. The number of aliphatic imine (C=N–C) groups is 1. The molecule has 1 aliphatic rings. The number of methoxy groups -OCH3 is 2. The number of hydrogen-bond acceptors (Lipinski definition) is 6. The number of rotatable bonds is 8. The van der Waals surface area contributed by atoms with Gasteiger partial charge >= 0.3 is 0 Å². The number of benzene rings is 1. The summed E-state index contributed by atoms with van der Waals surface area (Å²) in [4.78, 5) is 8.91. The van der Waals surface area contributed by atoms with Crippen molar-refractivity contribution in [3.8, 4) is 11.5 Å². The molecule has 166 valence electrons. The zero-order valence-corrected chi connectivity index (χ0v) is 20.8. The first-order valence-electron chi connectivity index (χ1n) is 9.51. The average molecular weight is 540 g/mol. The van der Waals surface area contributed by atoms with Crippen molar-refractivity contribution in [3.05, 3.63) is 23.8 Å². The molecule has 1 fully saturated rings. The Morgan fingerprint density at radius 2 is 1.93 bits per heavy atom. The predicted octanol–water partition coefficient (Wildman–Crippen LogP) is 1.45. The highest BCUT2D eigenvalue weighted by Gasteiger charge is 2.21. The van der Waals surface area contributed by atoms with Gasteiger partial charge in [0.05, 0.1) is 32.3 Å². The fraction of sp³-hybridized carbons (Fsp3) is 0.632. The van der Waals surface area contributed by atoms with Gasteiger partial charge in [0.25, 0.3) is 0 Å². The van der Waals surface area contributed by atoms with Crippen LogP contribution < -0.4 is 14.8 Å². The molecule has 1 heterocycles. The first-order valence-corrected chi connectivity index (χ1v) is 11.3. The molecular formula is C19H33IN4O4S. The Hall–Kier alpha value is -1.27. The van der Waals surface area contributed by atoms with Crippen molar-refractivity contribution in [3.63, 3.8) is 0 Å². The molecule has 29 heavy (non-hydrogen) atoms. The van der Waals surface area contributed by atoms with E-state index in [0.29, 0.717) is 26.2 Å². The summed E-state index contributed by atoms with van der Waals surface area (Å²) >= 11 is 0. The van der Waals surface area contributed by atoms with Crippen molar-refractivity contribution in [1.82, 2.24) is 15.1 Å². The van der Waals surface area contributed by atoms with Crippen LogP contribution in [0.3, 0.4) is 0 Å². The van der Waals surface area contributed by atoms with E-state index in [2.05, 4.69) is 15.1 Å². The average Bonchev–Trinajstić information content (AvgIpc) is 2.68. The van der Waals surface area contributed by atoms with Crippen LogP contribution in [-0.4, -0.2) is 89.7 Å². The molecule has 0 aromatic heterocycles. The second-order valence-corrected chi connectivity index (χ2v) is 9.07. The van der Waals surface area contributed by atoms with E-state index in [1.807, 2.05) is 32.2 Å². The third-order valence-electron chi connectivity index (χ3n) is 4.71. The highest BCUT2D eigenvalue weighted by atomic mass is 127. The number of sulfone groups is 1. The van der Waals surface area contributed by atoms with Gasteiger partial charge in [-0.3, -0.25) is 9.89 Å². The zero-order valence-electron chi connectivity index (χ0n) is 17.7. The van der Waals surface area contributed by atoms with Crippen LogP contribution in [0.5, 0.6) is 11.5 Å². The van der Waals surface area contributed by atoms with Crippen LogP contribution in [0.25, 0.3) is 0 Å². The summed E-state index contributed by atoms with van der Waals surface area (Å²) in [5.41, 5.74) is 1.04. The summed E-state index contributed by atoms with van der Waals surface area (Å²) in [7, 11) is 2.42. The molecule has 0 bridgehead atoms. The van der Waals surface area contributed by atoms with E-state index >= 15 is 0 Å². The molecule has 0 atom stereocenters. The smallest absolute Gasteiger partial charge is 0.194 e. The van der Waals surface area contributed by atoms with Gasteiger partial charge in [0, 0.05) is 51.4 Å². The Bertz CT molecular complexity index is 759. The Kier molecular flexibility index (Phi) is 11.0. The van der Waals surface area contributed by atoms with E-state index in [1.165, 1.54) is 0 Å². The van der Waals surface area contributed by atoms with Crippen molar-refractivity contribution in [2.45, 2.75) is 13.5 Å². The maximum atomic E-state index is 11.5. The van der Waals surface area contributed by atoms with Crippen LogP contribution in [0, 0.1) is 0 Å². The van der Waals surface area contributed by atoms with Crippen LogP contribution in [0.4, 0.5) is 0 Å². The Morgan fingerprint density at radius 3 is 2.52 bits per heavy atom. The van der Waals surface area contributed by atoms with Crippen molar-refractivity contribution < 1.29 is 17.9 Å². The van der Waals surface area contributed by atoms with Crippen molar-refractivity contribution in [1.29, 1.82) is 0 Å². The quantitative estimate of drug-likeness (QED) is 0.304. The van der Waals surface area contributed by atoms with Gasteiger partial charge in [0.2, 0.25) is 0 Å². The monoisotopic (exact) mass is 540 g/mol. The van der Waals surface area contributed by atoms with E-state index < -0.39 is 9.84 Å². The van der Waals surface area contributed by atoms with E-state index in [-0.39, 0.29) is 35.5 Å². The molecule has 0 saturated carbocycles. The van der Waals surface area contributed by atoms with Gasteiger partial charge in [-0.2, -0.15) is 0 Å². The number of hydrogen-bond donors (Lipinski definition) is 1. The summed E-state index contributed by atoms with van der Waals surface area (Å²) in [5, 5.41) is 3.31. The second kappa shape index (κ2) is 12.4. The third-order valence-corrected chi connectivity index (χ3v) is 6.32. The van der Waals surface area contributed by atoms with Crippen molar-refractivity contribution in [2.24, 2.45) is 4.99 Å². The molecular weight excluding hydrogens is 507 g/mol. The van der Waals surface area contributed by atoms with Crippen LogP contribution in [0.2, 0.25) is 0 Å². The second-order valence-electron chi connectivity index (χ2n) is 6.76. The lowest BCUT2D eigenvalue weighted by Crippen LogP contribution is -2.42. The fourth-order valence-corrected chi connectivity index (χ4v) is 4.33. The SMILES string of the molecule is CCNC(=NCCN1CCS(=O)(=O)CC1)N(C)Cc1ccc(OC)cc1OC.I. The third kappa shape index (κ3) is 8.17. The summed E-state index contributed by atoms with van der Waals surface area (Å²) < 4.78 is 33.8. The lowest BCUT2D eigenvalue weighted by molar-refractivity contribution is 0.303. The van der Waals surface area contributed by atoms with Gasteiger partial charge in [-0.25, -0.2) is 8.42 Å². The molecule has 1 N–H and O–H groups in total. The topological polar surface area (TPSA) is 83.5 Å². The highest BCUT2D eigenvalue weighted by molar-refractivity contribution is 14.0. The minimum absolute atomic E-state index is 0. The highest BCUT2D eigenvalue weighted by Crippen LogP contribution is 2.25. The molecule has 0 spiro atoms. The summed E-state index contributed by atoms with van der Waals surface area (Å²) in [6.45, 7) is 6.00. The molecule has 0 radical (unpaired) electrons. The Balaban J connectivity index is 0.00000420. The molecule has 8 nitrogen and oxygen atoms in total. The van der Waals surface area contributed by atoms with Crippen molar-refractivity contribution >= 4 is 39.8 Å². The normalized spacial score (nSPS) is 16.6. The molecule has 0 aliphatic carbocycles. The van der Waals surface area contributed by atoms with Crippen LogP contribution in [-0.2, 0) is 16.4 Å². The summed E-state index contributed by atoms with van der Waals surface area (Å²) in [5.74, 6) is 2.83. The first kappa shape index (κ1) is 25.8. The van der Waals surface area contributed by atoms with Gasteiger partial charge in [-0.15, -0.1) is 24.0 Å². The number of nitrogens with zero attached hydrogens (tertiary/aromatic N) is 3. The van der Waals surface area contributed by atoms with Crippen molar-refractivity contribution in [2.75, 3.05) is 65.5 Å². The fourth-order valence-electron chi connectivity index (χ4n) is 3.05. The standard InChI is InChI=1S/C19H32N4O4S.HI/c1-5-20-19(21-8-9-23-10-12-28(24,25)13-11-23)22(2)15-16-6-7-17(26-3)14-18(16)27-4;/h6-7,14H,5,8-13,15H2,1-4H3,(H,20,21);1H. The first-order chi connectivity index (χ1) is 13.4. The van der Waals surface area contributed by atoms with Gasteiger partial charge in [-0.1, -0.05) is 0 Å². The summed E-state index contributed by atoms with van der Waals surface area (Å²) in [6, 6.07) is 5.78. The maximum Gasteiger partial charge on any atom is 0.194 e. The van der Waals surface area contributed by atoms with Gasteiger partial charge in [-0.05, 0) is 19.1 Å². The van der Waals surface area contributed by atoms with E-state index in [4.69, 9.17) is 14.5 Å². The van der Waals surface area contributed by atoms with Crippen LogP contribution in [0.15, 0.2) is 23.2 Å². The molecule has 0 amide bonds. The Labute approximate surface area is 191 Å². The molecule has 2 rings (SSSR count). The lowest BCUT2D eigenvalue weighted by atomic mass is 10.2. The predicted molar refractivity (Wildman–Crippen MR) is 128 cm³/mol. The van der Waals surface area contributed by atoms with Gasteiger partial charge < -0.3 is 19.7 Å². The van der Waals surface area contributed by atoms with Gasteiger partial charge in [0.15, 0.2) is 15.8 Å². The minimum atomic E-state index is -2.84. The zero-order chi connectivity index (χ0) is 20.6. The minimum Gasteiger partial charge on any atom is -0.497 e. The number of ether oxygens (including phenoxy) is 2. The lowest BCUT2D eigenvalue weighted by Gasteiger charge is -2.26. The molecule has 1 aromatic carbocycles. The molecule has 1 saturated heterocycles. The molecule has 10 heteroatoms. The number of nitrogens with one attached hydrogen (secondary N) is 1. The molecule has 0 unspecified atom stereocenters. The van der Waals surface area contributed by atoms with Crippen LogP contribution in [0.1, 0.15) is 12.5 Å². The van der Waals surface area contributed by atoms with Crippen LogP contribution >= 0.6 is 24.0 Å². The van der Waals surface area contributed by atoms with Gasteiger partial charge in [0.1, 0.15) is 11.5 Å². The molecule has 1 aliphatic heterocycles. The number of guanidine groups is 1. The Morgan fingerprint density at radius 1 is 1.24 bits per heavy atom. The number of halogens is 1. The largest absolute Gasteiger partial charge is 0.497 e. The molecule has 1 aromatic rings. The van der Waals surface area contributed by atoms with E-state index in [9.17, 15) is 8.42 Å².